The van der Waals surface area contributed by atoms with E-state index in [4.69, 9.17) is 5.73 Å². The first kappa shape index (κ1) is 12.0. The van der Waals surface area contributed by atoms with Gasteiger partial charge in [-0.2, -0.15) is 5.10 Å². The minimum atomic E-state index is -0.505. The first-order chi connectivity index (χ1) is 7.43. The summed E-state index contributed by atoms with van der Waals surface area (Å²) in [4.78, 5) is 20.8. The summed E-state index contributed by atoms with van der Waals surface area (Å²) in [6, 6.07) is 0. The Hall–Kier alpha value is -2.12. The molecular formula is C8H13N5O3. The Balaban J connectivity index is 2.86. The number of hydrogen-bond donors (Lipinski definition) is 2. The lowest BCUT2D eigenvalue weighted by Crippen LogP contribution is -2.17. The predicted molar refractivity (Wildman–Crippen MR) is 56.9 cm³/mol. The van der Waals surface area contributed by atoms with E-state index in [2.05, 4.69) is 10.4 Å². The number of nitrogens with two attached hydrogens (primary N) is 1. The third kappa shape index (κ3) is 2.47. The fraction of sp³-hybridized carbons (Fsp3) is 0.500. The number of rotatable bonds is 5. The topological polar surface area (TPSA) is 116 Å². The van der Waals surface area contributed by atoms with Gasteiger partial charge in [-0.05, 0) is 6.92 Å². The molecule has 0 unspecified atom stereocenters. The Kier molecular flexibility index (Phi) is 3.44. The molecule has 0 radical (unpaired) electrons. The van der Waals surface area contributed by atoms with Crippen molar-refractivity contribution in [2.24, 2.45) is 12.8 Å². The summed E-state index contributed by atoms with van der Waals surface area (Å²) in [5.41, 5.74) is 5.21. The van der Waals surface area contributed by atoms with Gasteiger partial charge in [0.2, 0.25) is 11.7 Å². The van der Waals surface area contributed by atoms with Crippen LogP contribution >= 0.6 is 0 Å². The van der Waals surface area contributed by atoms with Crippen molar-refractivity contribution >= 4 is 17.4 Å². The Morgan fingerprint density at radius 1 is 1.69 bits per heavy atom. The van der Waals surface area contributed by atoms with Crippen LogP contribution in [0.25, 0.3) is 0 Å². The van der Waals surface area contributed by atoms with Gasteiger partial charge in [-0.15, -0.1) is 0 Å². The molecule has 0 aliphatic carbocycles. The summed E-state index contributed by atoms with van der Waals surface area (Å²) in [6.45, 7) is 1.80. The van der Waals surface area contributed by atoms with Crippen molar-refractivity contribution in [1.82, 2.24) is 9.78 Å². The molecule has 0 fully saturated rings. The van der Waals surface area contributed by atoms with Crippen LogP contribution in [0.4, 0.5) is 11.5 Å². The van der Waals surface area contributed by atoms with E-state index < -0.39 is 10.8 Å². The monoisotopic (exact) mass is 227 g/mol. The molecular weight excluding hydrogens is 214 g/mol. The number of aromatic nitrogens is 2. The zero-order valence-corrected chi connectivity index (χ0v) is 9.06. The summed E-state index contributed by atoms with van der Waals surface area (Å²) in [7, 11) is 1.59. The standard InChI is InChI=1S/C8H13N5O3/c1-5-7(13(15)16)8(12(2)11-5)10-4-3-6(9)14/h10H,3-4H2,1-2H3,(H2,9,14). The quantitative estimate of drug-likeness (QED) is 0.539. The van der Waals surface area contributed by atoms with Crippen molar-refractivity contribution in [3.05, 3.63) is 15.8 Å². The highest BCUT2D eigenvalue weighted by Gasteiger charge is 2.23. The molecule has 1 aromatic heterocycles. The smallest absolute Gasteiger partial charge is 0.333 e. The molecule has 0 spiro atoms. The predicted octanol–water partition coefficient (Wildman–Crippen LogP) is -0.0760. The van der Waals surface area contributed by atoms with Crippen molar-refractivity contribution in [2.45, 2.75) is 13.3 Å². The summed E-state index contributed by atoms with van der Waals surface area (Å²) < 4.78 is 1.37. The van der Waals surface area contributed by atoms with E-state index in [1.807, 2.05) is 0 Å². The molecule has 0 bridgehead atoms. The molecule has 1 amide bonds. The van der Waals surface area contributed by atoms with E-state index in [-0.39, 0.29) is 24.5 Å². The fourth-order valence-corrected chi connectivity index (χ4v) is 1.37. The van der Waals surface area contributed by atoms with Crippen LogP contribution in [0.1, 0.15) is 12.1 Å². The van der Waals surface area contributed by atoms with Crippen LogP contribution in [0.2, 0.25) is 0 Å². The van der Waals surface area contributed by atoms with E-state index in [9.17, 15) is 14.9 Å². The lowest BCUT2D eigenvalue weighted by molar-refractivity contribution is -0.384. The second kappa shape index (κ2) is 4.60. The van der Waals surface area contributed by atoms with E-state index >= 15 is 0 Å². The van der Waals surface area contributed by atoms with Crippen LogP contribution in [0.15, 0.2) is 0 Å². The number of carbonyl (C=O) groups is 1. The van der Waals surface area contributed by atoms with Gasteiger partial charge in [0.05, 0.1) is 4.92 Å². The Labute approximate surface area is 91.6 Å². The number of amides is 1. The first-order valence-corrected chi connectivity index (χ1v) is 4.63. The maximum absolute atomic E-state index is 10.8. The average molecular weight is 227 g/mol. The molecule has 0 saturated carbocycles. The van der Waals surface area contributed by atoms with Crippen molar-refractivity contribution in [3.63, 3.8) is 0 Å². The molecule has 1 heterocycles. The normalized spacial score (nSPS) is 10.1. The second-order valence-electron chi connectivity index (χ2n) is 3.31. The zero-order valence-electron chi connectivity index (χ0n) is 9.06. The molecule has 16 heavy (non-hydrogen) atoms. The molecule has 0 aliphatic heterocycles. The number of anilines is 1. The summed E-state index contributed by atoms with van der Waals surface area (Å²) >= 11 is 0. The molecule has 0 atom stereocenters. The maximum atomic E-state index is 10.8. The minimum Gasteiger partial charge on any atom is -0.370 e. The molecule has 88 valence electrons. The van der Waals surface area contributed by atoms with Gasteiger partial charge < -0.3 is 11.1 Å². The third-order valence-corrected chi connectivity index (χ3v) is 2.04. The zero-order chi connectivity index (χ0) is 12.3. The first-order valence-electron chi connectivity index (χ1n) is 4.63. The van der Waals surface area contributed by atoms with Crippen LogP contribution in [-0.2, 0) is 11.8 Å². The number of nitro groups is 1. The lowest BCUT2D eigenvalue weighted by Gasteiger charge is -2.03. The van der Waals surface area contributed by atoms with Gasteiger partial charge in [0.25, 0.3) is 0 Å². The highest BCUT2D eigenvalue weighted by atomic mass is 16.6. The van der Waals surface area contributed by atoms with Crippen LogP contribution < -0.4 is 11.1 Å². The summed E-state index contributed by atoms with van der Waals surface area (Å²) in [6.07, 6.45) is 0.112. The van der Waals surface area contributed by atoms with Crippen LogP contribution in [0.5, 0.6) is 0 Å². The molecule has 1 aromatic rings. The highest BCUT2D eigenvalue weighted by Crippen LogP contribution is 2.26. The van der Waals surface area contributed by atoms with Crippen molar-refractivity contribution in [2.75, 3.05) is 11.9 Å². The number of nitrogens with zero attached hydrogens (tertiary/aromatic N) is 3. The molecule has 3 N–H and O–H groups in total. The van der Waals surface area contributed by atoms with E-state index in [1.165, 1.54) is 4.68 Å². The largest absolute Gasteiger partial charge is 0.370 e. The van der Waals surface area contributed by atoms with Crippen LogP contribution in [-0.4, -0.2) is 27.2 Å². The summed E-state index contributed by atoms with van der Waals surface area (Å²) in [5, 5.41) is 17.5. The van der Waals surface area contributed by atoms with Crippen molar-refractivity contribution < 1.29 is 9.72 Å². The van der Waals surface area contributed by atoms with Gasteiger partial charge in [-0.1, -0.05) is 0 Å². The molecule has 0 aliphatic rings. The average Bonchev–Trinajstić information content (AvgIpc) is 2.40. The number of primary amides is 1. The van der Waals surface area contributed by atoms with Gasteiger partial charge in [0.1, 0.15) is 5.69 Å². The van der Waals surface area contributed by atoms with E-state index in [1.54, 1.807) is 14.0 Å². The molecule has 0 aromatic carbocycles. The molecule has 1 rings (SSSR count). The Bertz CT molecular complexity index is 426. The van der Waals surface area contributed by atoms with Gasteiger partial charge >= 0.3 is 5.69 Å². The van der Waals surface area contributed by atoms with Crippen molar-refractivity contribution in [1.29, 1.82) is 0 Å². The third-order valence-electron chi connectivity index (χ3n) is 2.04. The molecule has 0 saturated heterocycles. The number of carbonyl (C=O) groups excluding carboxylic acids is 1. The van der Waals surface area contributed by atoms with Gasteiger partial charge in [0, 0.05) is 20.0 Å². The Morgan fingerprint density at radius 3 is 2.81 bits per heavy atom. The van der Waals surface area contributed by atoms with Gasteiger partial charge in [0.15, 0.2) is 0 Å². The van der Waals surface area contributed by atoms with Crippen LogP contribution in [0, 0.1) is 17.0 Å². The second-order valence-corrected chi connectivity index (χ2v) is 3.31. The highest BCUT2D eigenvalue weighted by molar-refractivity contribution is 5.74. The molecule has 8 heteroatoms. The maximum Gasteiger partial charge on any atom is 0.333 e. The SMILES string of the molecule is Cc1nn(C)c(NCCC(N)=O)c1[N+](=O)[O-]. The van der Waals surface area contributed by atoms with Gasteiger partial charge in [-0.25, -0.2) is 4.68 Å². The number of aryl methyl sites for hydroxylation is 2. The minimum absolute atomic E-state index is 0.0769. The van der Waals surface area contributed by atoms with Crippen LogP contribution in [0.3, 0.4) is 0 Å². The fourth-order valence-electron chi connectivity index (χ4n) is 1.37. The van der Waals surface area contributed by atoms with Gasteiger partial charge in [-0.3, -0.25) is 14.9 Å². The molecule has 8 nitrogen and oxygen atoms in total. The van der Waals surface area contributed by atoms with E-state index in [0.717, 1.165) is 0 Å². The Morgan fingerprint density at radius 2 is 2.31 bits per heavy atom. The lowest BCUT2D eigenvalue weighted by atomic mass is 10.3. The number of nitrogens with one attached hydrogen (secondary N) is 1. The summed E-state index contributed by atoms with van der Waals surface area (Å²) in [5.74, 6) is -0.183. The van der Waals surface area contributed by atoms with E-state index in [0.29, 0.717) is 5.69 Å². The van der Waals surface area contributed by atoms with Crippen molar-refractivity contribution in [3.8, 4) is 0 Å². The number of hydrogen-bond acceptors (Lipinski definition) is 5.